The topological polar surface area (TPSA) is 24.5 Å². The van der Waals surface area contributed by atoms with Crippen LogP contribution in [-0.4, -0.2) is 37.7 Å². The number of nitrogens with one attached hydrogen (secondary N) is 1. The summed E-state index contributed by atoms with van der Waals surface area (Å²) in [5.74, 6) is 1.78. The molecule has 92 valence electrons. The predicted molar refractivity (Wildman–Crippen MR) is 68.3 cm³/mol. The minimum absolute atomic E-state index is 0.452. The van der Waals surface area contributed by atoms with Crippen LogP contribution in [0.1, 0.15) is 18.5 Å². The lowest BCUT2D eigenvalue weighted by Gasteiger charge is -2.27. The van der Waals surface area contributed by atoms with Crippen molar-refractivity contribution >= 4 is 0 Å². The van der Waals surface area contributed by atoms with Gasteiger partial charge in [-0.2, -0.15) is 0 Å². The van der Waals surface area contributed by atoms with Gasteiger partial charge < -0.3 is 10.1 Å². The van der Waals surface area contributed by atoms with Crippen molar-refractivity contribution in [3.8, 4) is 5.75 Å². The van der Waals surface area contributed by atoms with E-state index < -0.39 is 0 Å². The van der Waals surface area contributed by atoms with E-state index >= 15 is 0 Å². The molecule has 1 aromatic rings. The van der Waals surface area contributed by atoms with Crippen LogP contribution in [0.15, 0.2) is 24.3 Å². The van der Waals surface area contributed by atoms with Crippen molar-refractivity contribution < 1.29 is 4.74 Å². The number of para-hydroxylation sites is 1. The van der Waals surface area contributed by atoms with Crippen LogP contribution in [0.5, 0.6) is 5.75 Å². The maximum atomic E-state index is 5.78. The molecule has 1 N–H and O–H groups in total. The fourth-order valence-corrected chi connectivity index (χ4v) is 2.86. The quantitative estimate of drug-likeness (QED) is 0.797. The molecule has 2 aliphatic heterocycles. The second-order valence-electron chi connectivity index (χ2n) is 5.17. The first-order valence-electron chi connectivity index (χ1n) is 6.51. The van der Waals surface area contributed by atoms with Crippen LogP contribution in [0.3, 0.4) is 0 Å². The monoisotopic (exact) mass is 232 g/mol. The zero-order valence-electron chi connectivity index (χ0n) is 10.4. The third-order valence-electron chi connectivity index (χ3n) is 3.73. The highest BCUT2D eigenvalue weighted by atomic mass is 16.5. The van der Waals surface area contributed by atoms with Gasteiger partial charge in [0.15, 0.2) is 0 Å². The number of rotatable bonds is 1. The molecule has 3 rings (SSSR count). The summed E-state index contributed by atoms with van der Waals surface area (Å²) in [7, 11) is 0. The molecule has 3 nitrogen and oxygen atoms in total. The van der Waals surface area contributed by atoms with Crippen LogP contribution < -0.4 is 10.1 Å². The summed E-state index contributed by atoms with van der Waals surface area (Å²) in [4.78, 5) is 2.57. The predicted octanol–water partition coefficient (Wildman–Crippen LogP) is 1.66. The summed E-state index contributed by atoms with van der Waals surface area (Å²) in [5, 5.41) is 3.49. The number of hydrogen-bond donors (Lipinski definition) is 1. The van der Waals surface area contributed by atoms with Crippen LogP contribution in [0.4, 0.5) is 0 Å². The van der Waals surface area contributed by atoms with E-state index in [-0.39, 0.29) is 0 Å². The summed E-state index contributed by atoms with van der Waals surface area (Å²) in [6.07, 6.45) is 0. The Balaban J connectivity index is 1.81. The van der Waals surface area contributed by atoms with Crippen LogP contribution in [0.25, 0.3) is 0 Å². The van der Waals surface area contributed by atoms with Crippen molar-refractivity contribution in [3.63, 3.8) is 0 Å². The SMILES string of the molecule is CC1CNCCN(C2COc3ccccc32)C1. The first-order valence-corrected chi connectivity index (χ1v) is 6.51. The molecule has 0 spiro atoms. The molecule has 1 aromatic carbocycles. The molecule has 0 aromatic heterocycles. The van der Waals surface area contributed by atoms with Gasteiger partial charge in [0.1, 0.15) is 12.4 Å². The van der Waals surface area contributed by atoms with E-state index in [1.807, 2.05) is 6.07 Å². The summed E-state index contributed by atoms with van der Waals surface area (Å²) in [6.45, 7) is 7.62. The number of fused-ring (bicyclic) bond motifs is 1. The van der Waals surface area contributed by atoms with Gasteiger partial charge in [0.05, 0.1) is 6.04 Å². The van der Waals surface area contributed by atoms with Crippen molar-refractivity contribution in [3.05, 3.63) is 29.8 Å². The van der Waals surface area contributed by atoms with E-state index in [0.29, 0.717) is 12.0 Å². The molecule has 0 saturated carbocycles. The van der Waals surface area contributed by atoms with Crippen LogP contribution in [0.2, 0.25) is 0 Å². The van der Waals surface area contributed by atoms with Gasteiger partial charge in [0.25, 0.3) is 0 Å². The van der Waals surface area contributed by atoms with E-state index in [1.165, 1.54) is 5.56 Å². The van der Waals surface area contributed by atoms with Crippen molar-refractivity contribution in [2.75, 3.05) is 32.8 Å². The van der Waals surface area contributed by atoms with Gasteiger partial charge in [-0.15, -0.1) is 0 Å². The molecular weight excluding hydrogens is 212 g/mol. The Bertz CT molecular complexity index is 394. The van der Waals surface area contributed by atoms with Crippen molar-refractivity contribution in [2.45, 2.75) is 13.0 Å². The van der Waals surface area contributed by atoms with Crippen molar-refractivity contribution in [1.82, 2.24) is 10.2 Å². The zero-order valence-corrected chi connectivity index (χ0v) is 10.4. The summed E-state index contributed by atoms with van der Waals surface area (Å²) < 4.78 is 5.78. The van der Waals surface area contributed by atoms with E-state index in [2.05, 4.69) is 35.3 Å². The number of nitrogens with zero attached hydrogens (tertiary/aromatic N) is 1. The lowest BCUT2D eigenvalue weighted by atomic mass is 10.1. The summed E-state index contributed by atoms with van der Waals surface area (Å²) in [6, 6.07) is 8.90. The molecule has 2 aliphatic rings. The molecule has 0 bridgehead atoms. The molecule has 1 saturated heterocycles. The Morgan fingerprint density at radius 1 is 1.35 bits per heavy atom. The lowest BCUT2D eigenvalue weighted by Crippen LogP contribution is -2.34. The molecule has 0 amide bonds. The Hall–Kier alpha value is -1.06. The Morgan fingerprint density at radius 3 is 3.18 bits per heavy atom. The molecule has 0 aliphatic carbocycles. The van der Waals surface area contributed by atoms with E-state index in [4.69, 9.17) is 4.74 Å². The van der Waals surface area contributed by atoms with Crippen LogP contribution in [0, 0.1) is 5.92 Å². The average molecular weight is 232 g/mol. The molecule has 0 radical (unpaired) electrons. The number of ether oxygens (including phenoxy) is 1. The third-order valence-corrected chi connectivity index (χ3v) is 3.73. The second kappa shape index (κ2) is 4.67. The van der Waals surface area contributed by atoms with E-state index in [0.717, 1.165) is 38.5 Å². The molecule has 2 atom stereocenters. The van der Waals surface area contributed by atoms with Gasteiger partial charge in [0.2, 0.25) is 0 Å². The van der Waals surface area contributed by atoms with Crippen LogP contribution >= 0.6 is 0 Å². The minimum Gasteiger partial charge on any atom is -0.491 e. The Labute approximate surface area is 103 Å². The summed E-state index contributed by atoms with van der Waals surface area (Å²) in [5.41, 5.74) is 1.36. The van der Waals surface area contributed by atoms with Gasteiger partial charge >= 0.3 is 0 Å². The minimum atomic E-state index is 0.452. The molecular formula is C14H20N2O. The second-order valence-corrected chi connectivity index (χ2v) is 5.17. The Morgan fingerprint density at radius 2 is 2.24 bits per heavy atom. The molecule has 1 fully saturated rings. The normalized spacial score (nSPS) is 29.5. The third kappa shape index (κ3) is 2.17. The maximum absolute atomic E-state index is 5.78. The van der Waals surface area contributed by atoms with Crippen LogP contribution in [-0.2, 0) is 0 Å². The fourth-order valence-electron chi connectivity index (χ4n) is 2.86. The molecule has 2 heterocycles. The molecule has 3 heteroatoms. The highest BCUT2D eigenvalue weighted by Gasteiger charge is 2.30. The largest absolute Gasteiger partial charge is 0.491 e. The molecule has 2 unspecified atom stereocenters. The number of hydrogen-bond acceptors (Lipinski definition) is 3. The van der Waals surface area contributed by atoms with Gasteiger partial charge in [-0.1, -0.05) is 25.1 Å². The average Bonchev–Trinajstić information content (AvgIpc) is 2.66. The van der Waals surface area contributed by atoms with Crippen molar-refractivity contribution in [1.29, 1.82) is 0 Å². The lowest BCUT2D eigenvalue weighted by molar-refractivity contribution is 0.159. The first-order chi connectivity index (χ1) is 8.34. The smallest absolute Gasteiger partial charge is 0.124 e. The van der Waals surface area contributed by atoms with Gasteiger partial charge in [-0.05, 0) is 18.5 Å². The fraction of sp³-hybridized carbons (Fsp3) is 0.571. The van der Waals surface area contributed by atoms with Gasteiger partial charge in [0, 0.05) is 25.2 Å². The zero-order chi connectivity index (χ0) is 11.7. The molecule has 17 heavy (non-hydrogen) atoms. The first kappa shape index (κ1) is 11.1. The highest BCUT2D eigenvalue weighted by molar-refractivity contribution is 5.39. The number of benzene rings is 1. The van der Waals surface area contributed by atoms with Gasteiger partial charge in [-0.25, -0.2) is 0 Å². The standard InChI is InChI=1S/C14H20N2O/c1-11-8-15-6-7-16(9-11)13-10-17-14-5-3-2-4-12(13)14/h2-5,11,13,15H,6-10H2,1H3. The highest BCUT2D eigenvalue weighted by Crippen LogP contribution is 2.36. The summed E-state index contributed by atoms with van der Waals surface area (Å²) >= 11 is 0. The maximum Gasteiger partial charge on any atom is 0.124 e. The van der Waals surface area contributed by atoms with Crippen molar-refractivity contribution in [2.24, 2.45) is 5.92 Å². The Kier molecular flexibility index (Phi) is 3.04. The van der Waals surface area contributed by atoms with E-state index in [1.54, 1.807) is 0 Å². The van der Waals surface area contributed by atoms with E-state index in [9.17, 15) is 0 Å². The van der Waals surface area contributed by atoms with Gasteiger partial charge in [-0.3, -0.25) is 4.90 Å².